The van der Waals surface area contributed by atoms with Crippen LogP contribution in [0.5, 0.6) is 0 Å². The molecule has 0 radical (unpaired) electrons. The third-order valence-corrected chi connectivity index (χ3v) is 5.64. The highest BCUT2D eigenvalue weighted by molar-refractivity contribution is 6.05. The molecule has 1 aromatic heterocycles. The largest absolute Gasteiger partial charge is 0.396 e. The third-order valence-electron chi connectivity index (χ3n) is 5.64. The molecular formula is C25H26N4O2. The summed E-state index contributed by atoms with van der Waals surface area (Å²) >= 11 is 0. The van der Waals surface area contributed by atoms with Crippen molar-refractivity contribution in [1.29, 1.82) is 0 Å². The van der Waals surface area contributed by atoms with Crippen molar-refractivity contribution in [2.75, 3.05) is 11.1 Å². The topological polar surface area (TPSA) is 97.1 Å². The molecule has 0 unspecified atom stereocenters. The quantitative estimate of drug-likeness (QED) is 0.557. The SMILES string of the molecule is Nc1ccc(-c2ccccc2)nc1NC(=O)c1ccc(CNC(=O)C2CCCC2)cc1. The molecule has 4 N–H and O–H groups in total. The molecule has 6 heteroatoms. The Morgan fingerprint density at radius 1 is 0.935 bits per heavy atom. The van der Waals surface area contributed by atoms with Gasteiger partial charge in [-0.2, -0.15) is 0 Å². The van der Waals surface area contributed by atoms with Crippen molar-refractivity contribution in [3.8, 4) is 11.3 Å². The zero-order valence-electron chi connectivity index (χ0n) is 17.3. The Hall–Kier alpha value is -3.67. The van der Waals surface area contributed by atoms with Crippen molar-refractivity contribution in [1.82, 2.24) is 10.3 Å². The lowest BCUT2D eigenvalue weighted by Gasteiger charge is -2.11. The van der Waals surface area contributed by atoms with E-state index in [0.717, 1.165) is 42.5 Å². The number of nitrogen functional groups attached to an aromatic ring is 1. The van der Waals surface area contributed by atoms with Gasteiger partial charge < -0.3 is 16.4 Å². The highest BCUT2D eigenvalue weighted by atomic mass is 16.2. The zero-order chi connectivity index (χ0) is 21.6. The highest BCUT2D eigenvalue weighted by Crippen LogP contribution is 2.25. The summed E-state index contributed by atoms with van der Waals surface area (Å²) in [6, 6.07) is 20.5. The number of hydrogen-bond donors (Lipinski definition) is 3. The number of aromatic nitrogens is 1. The summed E-state index contributed by atoms with van der Waals surface area (Å²) in [6.07, 6.45) is 4.23. The number of carbonyl (C=O) groups is 2. The standard InChI is InChI=1S/C25H26N4O2/c26-21-14-15-22(18-6-2-1-3-7-18)28-23(21)29-25(31)20-12-10-17(11-13-20)16-27-24(30)19-8-4-5-9-19/h1-3,6-7,10-15,19H,4-5,8-9,16,26H2,(H,27,30)(H,28,29,31). The second-order valence-corrected chi connectivity index (χ2v) is 7.85. The van der Waals surface area contributed by atoms with Gasteiger partial charge in [0.05, 0.1) is 11.4 Å². The fourth-order valence-electron chi connectivity index (χ4n) is 3.81. The van der Waals surface area contributed by atoms with E-state index in [4.69, 9.17) is 5.73 Å². The summed E-state index contributed by atoms with van der Waals surface area (Å²) in [4.78, 5) is 29.4. The lowest BCUT2D eigenvalue weighted by molar-refractivity contribution is -0.124. The van der Waals surface area contributed by atoms with E-state index in [0.29, 0.717) is 23.6 Å². The van der Waals surface area contributed by atoms with Crippen molar-refractivity contribution in [3.63, 3.8) is 0 Å². The summed E-state index contributed by atoms with van der Waals surface area (Å²) < 4.78 is 0. The van der Waals surface area contributed by atoms with Crippen LogP contribution in [0.2, 0.25) is 0 Å². The first-order chi connectivity index (χ1) is 15.1. The van der Waals surface area contributed by atoms with Crippen molar-refractivity contribution in [2.45, 2.75) is 32.2 Å². The molecule has 4 rings (SSSR count). The van der Waals surface area contributed by atoms with E-state index in [1.165, 1.54) is 0 Å². The predicted octanol–water partition coefficient (Wildman–Crippen LogP) is 4.39. The monoisotopic (exact) mass is 414 g/mol. The van der Waals surface area contributed by atoms with Gasteiger partial charge in [0.15, 0.2) is 5.82 Å². The first-order valence-electron chi connectivity index (χ1n) is 10.6. The molecule has 0 spiro atoms. The van der Waals surface area contributed by atoms with Gasteiger partial charge in [0.25, 0.3) is 5.91 Å². The molecule has 3 aromatic rings. The van der Waals surface area contributed by atoms with Gasteiger partial charge in [-0.25, -0.2) is 4.98 Å². The van der Waals surface area contributed by atoms with Crippen LogP contribution in [0.3, 0.4) is 0 Å². The smallest absolute Gasteiger partial charge is 0.256 e. The minimum atomic E-state index is -0.286. The summed E-state index contributed by atoms with van der Waals surface area (Å²) in [5.41, 5.74) is 9.55. The second-order valence-electron chi connectivity index (χ2n) is 7.85. The van der Waals surface area contributed by atoms with Crippen LogP contribution in [0.4, 0.5) is 11.5 Å². The van der Waals surface area contributed by atoms with Gasteiger partial charge in [0.1, 0.15) is 0 Å². The Labute approximate surface area is 181 Å². The van der Waals surface area contributed by atoms with Gasteiger partial charge in [0.2, 0.25) is 5.91 Å². The van der Waals surface area contributed by atoms with E-state index < -0.39 is 0 Å². The summed E-state index contributed by atoms with van der Waals surface area (Å²) in [5, 5.41) is 5.79. The number of nitrogens with two attached hydrogens (primary N) is 1. The molecular weight excluding hydrogens is 388 g/mol. The normalized spacial score (nSPS) is 13.7. The number of nitrogens with one attached hydrogen (secondary N) is 2. The summed E-state index contributed by atoms with van der Waals surface area (Å²) in [5.74, 6) is 0.319. The molecule has 158 valence electrons. The van der Waals surface area contributed by atoms with Gasteiger partial charge in [-0.3, -0.25) is 9.59 Å². The number of hydrogen-bond acceptors (Lipinski definition) is 4. The van der Waals surface area contributed by atoms with Gasteiger partial charge in [-0.1, -0.05) is 55.3 Å². The Bertz CT molecular complexity index is 1060. The fraction of sp³-hybridized carbons (Fsp3) is 0.240. The van der Waals surface area contributed by atoms with Crippen molar-refractivity contribution < 1.29 is 9.59 Å². The Morgan fingerprint density at radius 2 is 1.65 bits per heavy atom. The van der Waals surface area contributed by atoms with E-state index >= 15 is 0 Å². The molecule has 2 aromatic carbocycles. The van der Waals surface area contributed by atoms with Gasteiger partial charge in [-0.15, -0.1) is 0 Å². The number of rotatable bonds is 6. The first-order valence-corrected chi connectivity index (χ1v) is 10.6. The summed E-state index contributed by atoms with van der Waals surface area (Å²) in [6.45, 7) is 0.463. The van der Waals surface area contributed by atoms with Gasteiger partial charge >= 0.3 is 0 Å². The highest BCUT2D eigenvalue weighted by Gasteiger charge is 2.22. The maximum Gasteiger partial charge on any atom is 0.256 e. The van der Waals surface area contributed by atoms with Crippen LogP contribution in [0.15, 0.2) is 66.7 Å². The number of benzene rings is 2. The first kappa shape index (κ1) is 20.6. The third kappa shape index (κ3) is 5.09. The number of pyridine rings is 1. The molecule has 0 saturated heterocycles. The minimum Gasteiger partial charge on any atom is -0.396 e. The van der Waals surface area contributed by atoms with E-state index in [-0.39, 0.29) is 17.7 Å². The number of carbonyl (C=O) groups excluding carboxylic acids is 2. The lowest BCUT2D eigenvalue weighted by Crippen LogP contribution is -2.28. The van der Waals surface area contributed by atoms with E-state index in [1.54, 1.807) is 18.2 Å². The number of nitrogens with zero attached hydrogens (tertiary/aromatic N) is 1. The molecule has 1 saturated carbocycles. The Balaban J connectivity index is 1.39. The molecule has 1 fully saturated rings. The van der Waals surface area contributed by atoms with E-state index in [9.17, 15) is 9.59 Å². The number of amides is 2. The van der Waals surface area contributed by atoms with Crippen LogP contribution in [-0.4, -0.2) is 16.8 Å². The second kappa shape index (κ2) is 9.43. The van der Waals surface area contributed by atoms with Crippen LogP contribution in [0, 0.1) is 5.92 Å². The van der Waals surface area contributed by atoms with Gasteiger partial charge in [0, 0.05) is 23.6 Å². The average Bonchev–Trinajstić information content (AvgIpc) is 3.35. The summed E-state index contributed by atoms with van der Waals surface area (Å²) in [7, 11) is 0. The van der Waals surface area contributed by atoms with Crippen LogP contribution < -0.4 is 16.4 Å². The molecule has 31 heavy (non-hydrogen) atoms. The minimum absolute atomic E-state index is 0.124. The van der Waals surface area contributed by atoms with Crippen LogP contribution in [0.25, 0.3) is 11.3 Å². The Kier molecular flexibility index (Phi) is 6.26. The van der Waals surface area contributed by atoms with Crippen LogP contribution >= 0.6 is 0 Å². The van der Waals surface area contributed by atoms with Crippen LogP contribution in [-0.2, 0) is 11.3 Å². The van der Waals surface area contributed by atoms with Crippen LogP contribution in [0.1, 0.15) is 41.6 Å². The number of anilines is 2. The molecule has 1 aliphatic carbocycles. The Morgan fingerprint density at radius 3 is 2.35 bits per heavy atom. The molecule has 0 atom stereocenters. The maximum absolute atomic E-state index is 12.7. The fourth-order valence-corrected chi connectivity index (χ4v) is 3.81. The molecule has 2 amide bonds. The predicted molar refractivity (Wildman–Crippen MR) is 122 cm³/mol. The van der Waals surface area contributed by atoms with Crippen molar-refractivity contribution in [3.05, 3.63) is 77.9 Å². The van der Waals surface area contributed by atoms with Crippen molar-refractivity contribution >= 4 is 23.3 Å². The zero-order valence-corrected chi connectivity index (χ0v) is 17.3. The molecule has 6 nitrogen and oxygen atoms in total. The molecule has 1 aliphatic rings. The van der Waals surface area contributed by atoms with Gasteiger partial charge in [-0.05, 0) is 42.7 Å². The average molecular weight is 415 g/mol. The molecule has 0 bridgehead atoms. The van der Waals surface area contributed by atoms with Crippen molar-refractivity contribution in [2.24, 2.45) is 5.92 Å². The lowest BCUT2D eigenvalue weighted by atomic mass is 10.1. The van der Waals surface area contributed by atoms with E-state index in [1.807, 2.05) is 48.5 Å². The molecule has 0 aliphatic heterocycles. The van der Waals surface area contributed by atoms with E-state index in [2.05, 4.69) is 15.6 Å². The molecule has 1 heterocycles. The maximum atomic E-state index is 12.7.